The van der Waals surface area contributed by atoms with Gasteiger partial charge in [0.2, 0.25) is 0 Å². The number of nitro benzene ring substituents is 1. The van der Waals surface area contributed by atoms with Crippen LogP contribution in [0.3, 0.4) is 0 Å². The van der Waals surface area contributed by atoms with Gasteiger partial charge in [0.15, 0.2) is 0 Å². The number of ether oxygens (including phenoxy) is 1. The van der Waals surface area contributed by atoms with E-state index >= 15 is 0 Å². The number of nitro groups is 1. The highest BCUT2D eigenvalue weighted by molar-refractivity contribution is 5.82. The Bertz CT molecular complexity index is 1100. The molecule has 0 bridgehead atoms. The standard InChI is InChI=1S/C18H14N4O5/c23-17-16(10-20-18(24)21-17)19-9-13-2-1-3-15(8-13)27-11-12-4-6-14(7-5-12)22(25)26/h1-10H,11H2,(H2,20,21,23,24). The molecule has 9 heteroatoms. The Morgan fingerprint density at radius 1 is 1.15 bits per heavy atom. The van der Waals surface area contributed by atoms with Crippen LogP contribution in [0, 0.1) is 10.1 Å². The summed E-state index contributed by atoms with van der Waals surface area (Å²) in [6, 6.07) is 13.1. The minimum atomic E-state index is -0.597. The molecule has 27 heavy (non-hydrogen) atoms. The van der Waals surface area contributed by atoms with Gasteiger partial charge in [-0.1, -0.05) is 12.1 Å². The van der Waals surface area contributed by atoms with Crippen molar-refractivity contribution in [2.24, 2.45) is 4.99 Å². The molecule has 0 aliphatic carbocycles. The second kappa shape index (κ2) is 7.91. The summed E-state index contributed by atoms with van der Waals surface area (Å²) in [5.41, 5.74) is 0.406. The molecule has 1 heterocycles. The fourth-order valence-electron chi connectivity index (χ4n) is 2.21. The highest BCUT2D eigenvalue weighted by Gasteiger charge is 2.04. The van der Waals surface area contributed by atoms with Crippen molar-refractivity contribution >= 4 is 17.6 Å². The van der Waals surface area contributed by atoms with Gasteiger partial charge in [-0.25, -0.2) is 9.79 Å². The summed E-state index contributed by atoms with van der Waals surface area (Å²) in [6.07, 6.45) is 2.70. The molecule has 3 rings (SSSR count). The molecule has 0 aliphatic rings. The van der Waals surface area contributed by atoms with Gasteiger partial charge in [-0.3, -0.25) is 19.9 Å². The maximum atomic E-state index is 11.6. The zero-order valence-electron chi connectivity index (χ0n) is 13.9. The smallest absolute Gasteiger partial charge is 0.325 e. The topological polar surface area (TPSA) is 130 Å². The van der Waals surface area contributed by atoms with E-state index < -0.39 is 16.2 Å². The van der Waals surface area contributed by atoms with Crippen LogP contribution < -0.4 is 16.0 Å². The van der Waals surface area contributed by atoms with Gasteiger partial charge in [-0.05, 0) is 35.4 Å². The minimum Gasteiger partial charge on any atom is -0.489 e. The summed E-state index contributed by atoms with van der Waals surface area (Å²) in [5, 5.41) is 10.7. The first kappa shape index (κ1) is 17.8. The number of hydrogen-bond acceptors (Lipinski definition) is 6. The van der Waals surface area contributed by atoms with E-state index in [1.54, 1.807) is 36.4 Å². The van der Waals surface area contributed by atoms with Crippen LogP contribution in [0.25, 0.3) is 0 Å². The minimum absolute atomic E-state index is 0.0224. The van der Waals surface area contributed by atoms with Crippen molar-refractivity contribution in [3.63, 3.8) is 0 Å². The van der Waals surface area contributed by atoms with E-state index in [-0.39, 0.29) is 18.0 Å². The first-order valence-electron chi connectivity index (χ1n) is 7.83. The Balaban J connectivity index is 1.68. The van der Waals surface area contributed by atoms with Crippen molar-refractivity contribution < 1.29 is 9.66 Å². The van der Waals surface area contributed by atoms with Crippen LogP contribution in [-0.4, -0.2) is 21.1 Å². The summed E-state index contributed by atoms with van der Waals surface area (Å²) in [5.74, 6) is 0.577. The molecule has 2 N–H and O–H groups in total. The third kappa shape index (κ3) is 4.75. The second-order valence-electron chi connectivity index (χ2n) is 5.50. The third-order valence-electron chi connectivity index (χ3n) is 3.56. The van der Waals surface area contributed by atoms with E-state index in [4.69, 9.17) is 4.74 Å². The van der Waals surface area contributed by atoms with Crippen LogP contribution in [0.5, 0.6) is 5.75 Å². The highest BCUT2D eigenvalue weighted by Crippen LogP contribution is 2.17. The van der Waals surface area contributed by atoms with Crippen LogP contribution >= 0.6 is 0 Å². The Morgan fingerprint density at radius 2 is 1.93 bits per heavy atom. The molecule has 0 aliphatic heterocycles. The number of non-ortho nitro benzene ring substituents is 1. The van der Waals surface area contributed by atoms with Crippen molar-refractivity contribution in [1.82, 2.24) is 9.97 Å². The zero-order chi connectivity index (χ0) is 19.2. The van der Waals surface area contributed by atoms with Gasteiger partial charge < -0.3 is 9.72 Å². The average molecular weight is 366 g/mol. The number of aliphatic imine (C=N–C) groups is 1. The Kier molecular flexibility index (Phi) is 5.22. The van der Waals surface area contributed by atoms with Crippen LogP contribution in [-0.2, 0) is 6.61 Å². The maximum absolute atomic E-state index is 11.6. The predicted molar refractivity (Wildman–Crippen MR) is 98.8 cm³/mol. The summed E-state index contributed by atoms with van der Waals surface area (Å²) in [6.45, 7) is 0.248. The molecule has 136 valence electrons. The van der Waals surface area contributed by atoms with E-state index in [0.717, 1.165) is 5.56 Å². The zero-order valence-corrected chi connectivity index (χ0v) is 13.9. The van der Waals surface area contributed by atoms with E-state index in [9.17, 15) is 19.7 Å². The van der Waals surface area contributed by atoms with Crippen molar-refractivity contribution in [1.29, 1.82) is 0 Å². The largest absolute Gasteiger partial charge is 0.489 e. The lowest BCUT2D eigenvalue weighted by Crippen LogP contribution is -2.20. The maximum Gasteiger partial charge on any atom is 0.325 e. The molecule has 9 nitrogen and oxygen atoms in total. The van der Waals surface area contributed by atoms with Crippen molar-refractivity contribution in [3.05, 3.63) is 96.8 Å². The number of aromatic amines is 2. The second-order valence-corrected chi connectivity index (χ2v) is 5.50. The van der Waals surface area contributed by atoms with Gasteiger partial charge >= 0.3 is 5.69 Å². The molecule has 0 saturated carbocycles. The normalized spacial score (nSPS) is 10.8. The Morgan fingerprint density at radius 3 is 2.63 bits per heavy atom. The fraction of sp³-hybridized carbons (Fsp3) is 0.0556. The Hall–Kier alpha value is -4.01. The Labute approximate surface area is 152 Å². The third-order valence-corrected chi connectivity index (χ3v) is 3.56. The molecule has 0 amide bonds. The summed E-state index contributed by atoms with van der Waals surface area (Å²) >= 11 is 0. The lowest BCUT2D eigenvalue weighted by molar-refractivity contribution is -0.384. The molecule has 0 atom stereocenters. The van der Waals surface area contributed by atoms with Gasteiger partial charge in [0.25, 0.3) is 11.2 Å². The summed E-state index contributed by atoms with van der Waals surface area (Å²) < 4.78 is 5.68. The van der Waals surface area contributed by atoms with Crippen molar-refractivity contribution in [2.75, 3.05) is 0 Å². The quantitative estimate of drug-likeness (QED) is 0.393. The van der Waals surface area contributed by atoms with E-state index in [2.05, 4.69) is 15.0 Å². The van der Waals surface area contributed by atoms with Crippen LogP contribution in [0.2, 0.25) is 0 Å². The van der Waals surface area contributed by atoms with E-state index in [1.165, 1.54) is 24.5 Å². The predicted octanol–water partition coefficient (Wildman–Crippen LogP) is 2.30. The highest BCUT2D eigenvalue weighted by atomic mass is 16.6. The van der Waals surface area contributed by atoms with E-state index in [1.807, 2.05) is 0 Å². The molecule has 0 spiro atoms. The monoisotopic (exact) mass is 366 g/mol. The molecule has 0 unspecified atom stereocenters. The van der Waals surface area contributed by atoms with Crippen LogP contribution in [0.4, 0.5) is 11.4 Å². The van der Waals surface area contributed by atoms with Gasteiger partial charge in [0.05, 0.1) is 4.92 Å². The molecule has 0 fully saturated rings. The summed E-state index contributed by atoms with van der Waals surface area (Å²) in [7, 11) is 0. The SMILES string of the molecule is O=c1[nH]cc(N=Cc2cccc(OCc3ccc([N+](=O)[O-])cc3)c2)c(=O)[nH]1. The number of aromatic nitrogens is 2. The lowest BCUT2D eigenvalue weighted by atomic mass is 10.2. The number of nitrogens with one attached hydrogen (secondary N) is 2. The van der Waals surface area contributed by atoms with Gasteiger partial charge in [0, 0.05) is 24.5 Å². The first-order valence-corrected chi connectivity index (χ1v) is 7.83. The first-order chi connectivity index (χ1) is 13.0. The number of rotatable bonds is 6. The van der Waals surface area contributed by atoms with Gasteiger partial charge in [-0.2, -0.15) is 0 Å². The fourth-order valence-corrected chi connectivity index (χ4v) is 2.21. The molecular formula is C18H14N4O5. The number of nitrogens with zero attached hydrogens (tertiary/aromatic N) is 2. The van der Waals surface area contributed by atoms with Crippen LogP contribution in [0.15, 0.2) is 69.3 Å². The molecule has 3 aromatic rings. The molecule has 0 saturated heterocycles. The van der Waals surface area contributed by atoms with Gasteiger partial charge in [0.1, 0.15) is 18.0 Å². The van der Waals surface area contributed by atoms with Crippen molar-refractivity contribution in [2.45, 2.75) is 6.61 Å². The molecular weight excluding hydrogens is 352 g/mol. The van der Waals surface area contributed by atoms with Crippen LogP contribution in [0.1, 0.15) is 11.1 Å². The number of H-pyrrole nitrogens is 2. The molecule has 2 aromatic carbocycles. The number of hydrogen-bond donors (Lipinski definition) is 2. The lowest BCUT2D eigenvalue weighted by Gasteiger charge is -2.06. The molecule has 1 aromatic heterocycles. The number of benzene rings is 2. The van der Waals surface area contributed by atoms with E-state index in [0.29, 0.717) is 11.3 Å². The van der Waals surface area contributed by atoms with Gasteiger partial charge in [-0.15, -0.1) is 0 Å². The average Bonchev–Trinajstić information content (AvgIpc) is 2.66. The summed E-state index contributed by atoms with van der Waals surface area (Å²) in [4.78, 5) is 41.3. The van der Waals surface area contributed by atoms with Crippen molar-refractivity contribution in [3.8, 4) is 5.75 Å². The molecule has 0 radical (unpaired) electrons.